The van der Waals surface area contributed by atoms with E-state index in [1.807, 2.05) is 24.3 Å². The number of nitrogens with zero attached hydrogens (tertiary/aromatic N) is 2. The van der Waals surface area contributed by atoms with Gasteiger partial charge in [-0.25, -0.2) is 0 Å². The summed E-state index contributed by atoms with van der Waals surface area (Å²) in [6, 6.07) is 7.82. The van der Waals surface area contributed by atoms with Crippen LogP contribution in [0.5, 0.6) is 0 Å². The highest BCUT2D eigenvalue weighted by Gasteiger charge is 2.12. The number of aromatic nitrogens is 1. The molecule has 0 radical (unpaired) electrons. The fourth-order valence-electron chi connectivity index (χ4n) is 1.26. The molecule has 1 aromatic heterocycles. The van der Waals surface area contributed by atoms with Gasteiger partial charge in [-0.3, -0.25) is 4.79 Å². The molecule has 2 aromatic rings. The topological polar surface area (TPSA) is 33.2 Å². The van der Waals surface area contributed by atoms with Gasteiger partial charge in [0, 0.05) is 19.4 Å². The molecule has 1 heterocycles. The second-order valence-electron chi connectivity index (χ2n) is 3.08. The molecule has 0 atom stereocenters. The minimum Gasteiger partial charge on any atom is -0.305 e. The zero-order chi connectivity index (χ0) is 10.1. The van der Waals surface area contributed by atoms with Crippen LogP contribution in [-0.2, 0) is 4.79 Å². The molecular formula is C10H10N2OS. The number of anilines is 1. The predicted octanol–water partition coefficient (Wildman–Crippen LogP) is 2.28. The van der Waals surface area contributed by atoms with Crippen LogP contribution >= 0.6 is 11.5 Å². The van der Waals surface area contributed by atoms with Crippen molar-refractivity contribution in [1.82, 2.24) is 4.37 Å². The van der Waals surface area contributed by atoms with Crippen molar-refractivity contribution < 1.29 is 4.79 Å². The van der Waals surface area contributed by atoms with E-state index in [1.54, 1.807) is 18.9 Å². The van der Waals surface area contributed by atoms with E-state index < -0.39 is 0 Å². The number of carbonyl (C=O) groups excluding carboxylic acids is 1. The van der Waals surface area contributed by atoms with Gasteiger partial charge in [0.1, 0.15) is 5.00 Å². The Balaban J connectivity index is 2.58. The molecular weight excluding hydrogens is 196 g/mol. The first kappa shape index (κ1) is 9.15. The third-order valence-electron chi connectivity index (χ3n) is 2.14. The number of carbonyl (C=O) groups is 1. The van der Waals surface area contributed by atoms with Gasteiger partial charge in [-0.15, -0.1) is 0 Å². The Morgan fingerprint density at radius 2 is 2.14 bits per heavy atom. The van der Waals surface area contributed by atoms with Crippen LogP contribution in [0.25, 0.3) is 10.9 Å². The van der Waals surface area contributed by atoms with E-state index in [0.717, 1.165) is 15.9 Å². The number of fused-ring (bicyclic) bond motifs is 1. The highest BCUT2D eigenvalue weighted by molar-refractivity contribution is 7.12. The fraction of sp³-hybridized carbons (Fsp3) is 0.200. The van der Waals surface area contributed by atoms with Crippen molar-refractivity contribution >= 4 is 33.3 Å². The monoisotopic (exact) mass is 206 g/mol. The summed E-state index contributed by atoms with van der Waals surface area (Å²) >= 11 is 1.35. The SMILES string of the molecule is CC(=O)N(C)c1snc2ccccc12. The molecule has 0 aliphatic heterocycles. The molecule has 72 valence electrons. The Hall–Kier alpha value is -1.42. The molecule has 0 bridgehead atoms. The fourth-order valence-corrected chi connectivity index (χ4v) is 2.13. The van der Waals surface area contributed by atoms with E-state index >= 15 is 0 Å². The molecule has 0 N–H and O–H groups in total. The van der Waals surface area contributed by atoms with Crippen LogP contribution in [0.1, 0.15) is 6.92 Å². The lowest BCUT2D eigenvalue weighted by Gasteiger charge is -2.11. The van der Waals surface area contributed by atoms with Crippen LogP contribution < -0.4 is 4.90 Å². The van der Waals surface area contributed by atoms with Gasteiger partial charge in [0.05, 0.1) is 5.52 Å². The summed E-state index contributed by atoms with van der Waals surface area (Å²) in [6.45, 7) is 1.55. The summed E-state index contributed by atoms with van der Waals surface area (Å²) in [5.41, 5.74) is 0.945. The lowest BCUT2D eigenvalue weighted by atomic mass is 10.2. The second-order valence-corrected chi connectivity index (χ2v) is 3.83. The average Bonchev–Trinajstić information content (AvgIpc) is 2.60. The van der Waals surface area contributed by atoms with Crippen LogP contribution in [0, 0.1) is 0 Å². The Morgan fingerprint density at radius 3 is 2.86 bits per heavy atom. The average molecular weight is 206 g/mol. The first-order valence-corrected chi connectivity index (χ1v) is 5.06. The van der Waals surface area contributed by atoms with Crippen LogP contribution in [0.2, 0.25) is 0 Å². The van der Waals surface area contributed by atoms with Crippen molar-refractivity contribution in [3.05, 3.63) is 24.3 Å². The molecule has 3 nitrogen and oxygen atoms in total. The van der Waals surface area contributed by atoms with Crippen LogP contribution in [-0.4, -0.2) is 17.3 Å². The van der Waals surface area contributed by atoms with Gasteiger partial charge >= 0.3 is 0 Å². The lowest BCUT2D eigenvalue weighted by molar-refractivity contribution is -0.116. The molecule has 1 amide bonds. The zero-order valence-corrected chi connectivity index (χ0v) is 8.84. The number of amides is 1. The maximum Gasteiger partial charge on any atom is 0.224 e. The summed E-state index contributed by atoms with van der Waals surface area (Å²) in [7, 11) is 1.77. The quantitative estimate of drug-likeness (QED) is 0.717. The molecule has 14 heavy (non-hydrogen) atoms. The summed E-state index contributed by atoms with van der Waals surface area (Å²) in [4.78, 5) is 12.8. The molecule has 4 heteroatoms. The molecule has 0 fully saturated rings. The highest BCUT2D eigenvalue weighted by Crippen LogP contribution is 2.29. The van der Waals surface area contributed by atoms with E-state index in [1.165, 1.54) is 11.5 Å². The van der Waals surface area contributed by atoms with E-state index in [2.05, 4.69) is 4.37 Å². The summed E-state index contributed by atoms with van der Waals surface area (Å²) in [5.74, 6) is 0.0272. The summed E-state index contributed by atoms with van der Waals surface area (Å²) in [5, 5.41) is 1.95. The Kier molecular flexibility index (Phi) is 2.21. The third-order valence-corrected chi connectivity index (χ3v) is 3.10. The highest BCUT2D eigenvalue weighted by atomic mass is 32.1. The first-order chi connectivity index (χ1) is 6.70. The van der Waals surface area contributed by atoms with E-state index in [9.17, 15) is 4.79 Å². The van der Waals surface area contributed by atoms with Gasteiger partial charge in [0.2, 0.25) is 5.91 Å². The van der Waals surface area contributed by atoms with Crippen molar-refractivity contribution in [1.29, 1.82) is 0 Å². The number of rotatable bonds is 1. The van der Waals surface area contributed by atoms with E-state index in [-0.39, 0.29) is 5.91 Å². The molecule has 1 aromatic carbocycles. The number of benzene rings is 1. The molecule has 0 saturated heterocycles. The van der Waals surface area contributed by atoms with Gasteiger partial charge in [0.15, 0.2) is 0 Å². The molecule has 0 unspecified atom stereocenters. The predicted molar refractivity (Wildman–Crippen MR) is 58.7 cm³/mol. The number of hydrogen-bond donors (Lipinski definition) is 0. The molecule has 0 spiro atoms. The zero-order valence-electron chi connectivity index (χ0n) is 8.02. The molecule has 0 aliphatic rings. The molecule has 0 saturated carbocycles. The molecule has 2 rings (SSSR count). The Morgan fingerprint density at radius 1 is 1.43 bits per heavy atom. The first-order valence-electron chi connectivity index (χ1n) is 4.29. The minimum absolute atomic E-state index is 0.0272. The second kappa shape index (κ2) is 3.38. The van der Waals surface area contributed by atoms with Crippen LogP contribution in [0.3, 0.4) is 0 Å². The maximum atomic E-state index is 11.2. The van der Waals surface area contributed by atoms with Crippen molar-refractivity contribution in [2.45, 2.75) is 6.92 Å². The van der Waals surface area contributed by atoms with Gasteiger partial charge < -0.3 is 4.90 Å². The smallest absolute Gasteiger partial charge is 0.224 e. The number of hydrogen-bond acceptors (Lipinski definition) is 3. The van der Waals surface area contributed by atoms with Gasteiger partial charge in [-0.05, 0) is 23.7 Å². The van der Waals surface area contributed by atoms with Gasteiger partial charge in [-0.2, -0.15) is 4.37 Å². The standard InChI is InChI=1S/C10H10N2OS/c1-7(13)12(2)10-8-5-3-4-6-9(8)11-14-10/h3-6H,1-2H3. The normalized spacial score (nSPS) is 10.4. The van der Waals surface area contributed by atoms with Crippen molar-refractivity contribution in [3.8, 4) is 0 Å². The summed E-state index contributed by atoms with van der Waals surface area (Å²) < 4.78 is 4.27. The van der Waals surface area contributed by atoms with Crippen LogP contribution in [0.4, 0.5) is 5.00 Å². The Bertz CT molecular complexity index is 478. The van der Waals surface area contributed by atoms with Crippen LogP contribution in [0.15, 0.2) is 24.3 Å². The lowest BCUT2D eigenvalue weighted by Crippen LogP contribution is -2.21. The third kappa shape index (κ3) is 1.37. The van der Waals surface area contributed by atoms with Gasteiger partial charge in [0.25, 0.3) is 0 Å². The molecule has 0 aliphatic carbocycles. The summed E-state index contributed by atoms with van der Waals surface area (Å²) in [6.07, 6.45) is 0. The van der Waals surface area contributed by atoms with E-state index in [4.69, 9.17) is 0 Å². The van der Waals surface area contributed by atoms with Crippen molar-refractivity contribution in [2.75, 3.05) is 11.9 Å². The largest absolute Gasteiger partial charge is 0.305 e. The Labute approximate surface area is 86.1 Å². The van der Waals surface area contributed by atoms with Crippen molar-refractivity contribution in [3.63, 3.8) is 0 Å². The maximum absolute atomic E-state index is 11.2. The van der Waals surface area contributed by atoms with Crippen molar-refractivity contribution in [2.24, 2.45) is 0 Å². The van der Waals surface area contributed by atoms with Gasteiger partial charge in [-0.1, -0.05) is 12.1 Å². The van der Waals surface area contributed by atoms with E-state index in [0.29, 0.717) is 0 Å². The minimum atomic E-state index is 0.0272.